The monoisotopic (exact) mass is 588 g/mol. The summed E-state index contributed by atoms with van der Waals surface area (Å²) in [6.45, 7) is 0.471. The second-order valence-electron chi connectivity index (χ2n) is 10.6. The van der Waals surface area contributed by atoms with Crippen LogP contribution >= 0.6 is 22.7 Å². The second-order valence-corrected chi connectivity index (χ2v) is 12.6. The SMILES string of the molecule is NCc1cccc(CC(O)Nc2nnc(C3CCCC(c4nnc(NC(=O)Cc5cccc(C6C=N6)c5)s4)C3)s2)c1. The van der Waals surface area contributed by atoms with Gasteiger partial charge in [0.25, 0.3) is 0 Å². The number of amides is 1. The number of rotatable bonds is 11. The zero-order valence-corrected chi connectivity index (χ0v) is 24.1. The maximum absolute atomic E-state index is 12.7. The van der Waals surface area contributed by atoms with Crippen LogP contribution in [0.2, 0.25) is 0 Å². The number of benzene rings is 2. The molecule has 1 aliphatic carbocycles. The normalized spacial score (nSPS) is 20.5. The summed E-state index contributed by atoms with van der Waals surface area (Å²) in [6.07, 6.45) is 5.88. The molecule has 41 heavy (non-hydrogen) atoms. The number of aliphatic hydroxyl groups is 1. The van der Waals surface area contributed by atoms with E-state index in [4.69, 9.17) is 5.73 Å². The Morgan fingerprint density at radius 2 is 1.63 bits per heavy atom. The highest BCUT2D eigenvalue weighted by Crippen LogP contribution is 2.43. The van der Waals surface area contributed by atoms with Gasteiger partial charge >= 0.3 is 0 Å². The number of anilines is 2. The molecule has 212 valence electrons. The fourth-order valence-electron chi connectivity index (χ4n) is 5.30. The van der Waals surface area contributed by atoms with Gasteiger partial charge in [0, 0.05) is 31.0 Å². The van der Waals surface area contributed by atoms with Gasteiger partial charge in [-0.15, -0.1) is 20.4 Å². The molecule has 2 aromatic heterocycles. The molecule has 4 unspecified atom stereocenters. The Morgan fingerprint density at radius 3 is 2.39 bits per heavy atom. The lowest BCUT2D eigenvalue weighted by Gasteiger charge is -2.25. The molecule has 3 heterocycles. The van der Waals surface area contributed by atoms with Crippen LogP contribution < -0.4 is 16.4 Å². The number of hydrogen-bond donors (Lipinski definition) is 4. The predicted molar refractivity (Wildman–Crippen MR) is 161 cm³/mol. The molecule has 0 saturated heterocycles. The smallest absolute Gasteiger partial charge is 0.230 e. The third kappa shape index (κ3) is 7.20. The molecule has 1 saturated carbocycles. The van der Waals surface area contributed by atoms with Crippen LogP contribution in [0, 0.1) is 0 Å². The summed E-state index contributed by atoms with van der Waals surface area (Å²) in [7, 11) is 0. The number of aromatic nitrogens is 4. The molecule has 12 heteroatoms. The lowest BCUT2D eigenvalue weighted by atomic mass is 9.82. The Balaban J connectivity index is 1.01. The summed E-state index contributed by atoms with van der Waals surface area (Å²) in [6, 6.07) is 16.1. The van der Waals surface area contributed by atoms with E-state index in [2.05, 4.69) is 36.0 Å². The van der Waals surface area contributed by atoms with Crippen molar-refractivity contribution in [1.29, 1.82) is 0 Å². The molecule has 1 fully saturated rings. The first-order chi connectivity index (χ1) is 20.0. The second kappa shape index (κ2) is 12.5. The van der Waals surface area contributed by atoms with Gasteiger partial charge in [-0.2, -0.15) is 0 Å². The van der Waals surface area contributed by atoms with Crippen LogP contribution in [0.3, 0.4) is 0 Å². The van der Waals surface area contributed by atoms with Gasteiger partial charge in [-0.3, -0.25) is 9.79 Å². The van der Waals surface area contributed by atoms with E-state index < -0.39 is 6.23 Å². The molecular weight excluding hydrogens is 557 g/mol. The molecule has 0 spiro atoms. The van der Waals surface area contributed by atoms with Crippen molar-refractivity contribution in [1.82, 2.24) is 20.4 Å². The van der Waals surface area contributed by atoms with Crippen molar-refractivity contribution in [2.24, 2.45) is 10.7 Å². The van der Waals surface area contributed by atoms with Gasteiger partial charge in [0.1, 0.15) is 22.3 Å². The molecule has 1 aliphatic heterocycles. The molecule has 0 bridgehead atoms. The number of nitrogens with zero attached hydrogens (tertiary/aromatic N) is 5. The van der Waals surface area contributed by atoms with Crippen LogP contribution in [-0.4, -0.2) is 43.9 Å². The predicted octanol–water partition coefficient (Wildman–Crippen LogP) is 4.57. The van der Waals surface area contributed by atoms with E-state index >= 15 is 0 Å². The van der Waals surface area contributed by atoms with E-state index in [0.29, 0.717) is 23.2 Å². The Kier molecular flexibility index (Phi) is 8.42. The van der Waals surface area contributed by atoms with Crippen molar-refractivity contribution >= 4 is 45.1 Å². The minimum atomic E-state index is -0.769. The van der Waals surface area contributed by atoms with E-state index in [1.54, 1.807) is 0 Å². The van der Waals surface area contributed by atoms with Crippen molar-refractivity contribution in [3.05, 3.63) is 80.8 Å². The first-order valence-corrected chi connectivity index (χ1v) is 15.5. The zero-order valence-electron chi connectivity index (χ0n) is 22.4. The fraction of sp³-hybridized carbons (Fsp3) is 0.379. The van der Waals surface area contributed by atoms with Crippen LogP contribution in [0.1, 0.15) is 75.8 Å². The molecule has 6 rings (SSSR count). The van der Waals surface area contributed by atoms with Crippen LogP contribution in [-0.2, 0) is 24.2 Å². The molecule has 0 radical (unpaired) electrons. The third-order valence-corrected chi connectivity index (χ3v) is 9.42. The average molecular weight is 589 g/mol. The number of nitrogens with one attached hydrogen (secondary N) is 2. The van der Waals surface area contributed by atoms with Crippen molar-refractivity contribution in [2.75, 3.05) is 10.6 Å². The van der Waals surface area contributed by atoms with E-state index in [1.807, 2.05) is 54.7 Å². The van der Waals surface area contributed by atoms with Gasteiger partial charge < -0.3 is 21.5 Å². The lowest BCUT2D eigenvalue weighted by molar-refractivity contribution is -0.115. The number of aliphatic imine (C=N–C) groups is 1. The highest BCUT2D eigenvalue weighted by Gasteiger charge is 2.29. The molecular formula is C29H32N8O2S2. The first-order valence-electron chi connectivity index (χ1n) is 13.8. The Labute approximate surface area is 246 Å². The first kappa shape index (κ1) is 27.6. The van der Waals surface area contributed by atoms with Crippen LogP contribution in [0.5, 0.6) is 0 Å². The minimum Gasteiger partial charge on any atom is -0.373 e. The van der Waals surface area contributed by atoms with Gasteiger partial charge in [0.05, 0.1) is 6.42 Å². The Morgan fingerprint density at radius 1 is 0.951 bits per heavy atom. The van der Waals surface area contributed by atoms with Crippen LogP contribution in [0.15, 0.2) is 53.5 Å². The topological polar surface area (TPSA) is 151 Å². The standard InChI is InChI=1S/C29H32N8O2S2/c30-15-19-6-1-4-17(10-19)12-24(38)32-28-36-34-26(40-28)21-8-3-9-22(14-21)27-35-37-29(41-27)33-25(39)13-18-5-2-7-20(11-18)23-16-31-23/h1-2,4-7,10-11,16,21-24,38H,3,8-9,12-15,30H2,(H,32,36)(H,33,37,39). The van der Waals surface area contributed by atoms with E-state index in [1.165, 1.54) is 22.7 Å². The number of hydrogen-bond acceptors (Lipinski definition) is 11. The molecule has 4 atom stereocenters. The molecule has 4 aromatic rings. The molecule has 1 amide bonds. The molecule has 2 aliphatic rings. The van der Waals surface area contributed by atoms with E-state index in [-0.39, 0.29) is 30.2 Å². The van der Waals surface area contributed by atoms with Crippen LogP contribution in [0.25, 0.3) is 0 Å². The van der Waals surface area contributed by atoms with Crippen molar-refractivity contribution in [3.63, 3.8) is 0 Å². The van der Waals surface area contributed by atoms with Crippen molar-refractivity contribution in [3.8, 4) is 0 Å². The number of carbonyl (C=O) groups is 1. The van der Waals surface area contributed by atoms with E-state index in [9.17, 15) is 9.90 Å². The van der Waals surface area contributed by atoms with Gasteiger partial charge in [0.2, 0.25) is 16.2 Å². The summed E-state index contributed by atoms with van der Waals surface area (Å²) in [4.78, 5) is 16.9. The highest BCUT2D eigenvalue weighted by atomic mass is 32.1. The van der Waals surface area contributed by atoms with Crippen molar-refractivity contribution < 1.29 is 9.90 Å². The maximum Gasteiger partial charge on any atom is 0.230 e. The molecule has 10 nitrogen and oxygen atoms in total. The summed E-state index contributed by atoms with van der Waals surface area (Å²) >= 11 is 2.94. The number of aliphatic hydroxyl groups excluding tert-OH is 1. The lowest BCUT2D eigenvalue weighted by Crippen LogP contribution is -2.21. The third-order valence-electron chi connectivity index (χ3n) is 7.40. The minimum absolute atomic E-state index is 0.105. The Hall–Kier alpha value is -3.58. The number of carbonyl (C=O) groups excluding carboxylic acids is 1. The van der Waals surface area contributed by atoms with Gasteiger partial charge in [-0.1, -0.05) is 77.6 Å². The van der Waals surface area contributed by atoms with Gasteiger partial charge in [0.15, 0.2) is 0 Å². The summed E-state index contributed by atoms with van der Waals surface area (Å²) in [5.74, 6) is 0.420. The maximum atomic E-state index is 12.7. The largest absolute Gasteiger partial charge is 0.373 e. The van der Waals surface area contributed by atoms with Gasteiger partial charge in [-0.25, -0.2) is 0 Å². The molecule has 5 N–H and O–H groups in total. The molecule has 2 aromatic carbocycles. The zero-order chi connectivity index (χ0) is 28.2. The van der Waals surface area contributed by atoms with Gasteiger partial charge in [-0.05, 0) is 41.5 Å². The highest BCUT2D eigenvalue weighted by molar-refractivity contribution is 7.15. The summed E-state index contributed by atoms with van der Waals surface area (Å²) < 4.78 is 0. The average Bonchev–Trinajstić information content (AvgIpc) is 3.56. The quantitative estimate of drug-likeness (QED) is 0.186. The van der Waals surface area contributed by atoms with E-state index in [0.717, 1.165) is 58.0 Å². The number of nitrogens with two attached hydrogens (primary N) is 1. The van der Waals surface area contributed by atoms with Crippen LogP contribution in [0.4, 0.5) is 10.3 Å². The summed E-state index contributed by atoms with van der Waals surface area (Å²) in [5, 5.41) is 37.0. The Bertz CT molecular complexity index is 1530. The summed E-state index contributed by atoms with van der Waals surface area (Å²) in [5.41, 5.74) is 9.85. The van der Waals surface area contributed by atoms with Crippen molar-refractivity contribution in [2.45, 2.75) is 69.2 Å². The fourth-order valence-corrected chi connectivity index (χ4v) is 7.14.